The first kappa shape index (κ1) is 23.3. The number of halogens is 3. The molecule has 7 nitrogen and oxygen atoms in total. The van der Waals surface area contributed by atoms with Crippen LogP contribution >= 0.6 is 0 Å². The Hall–Kier alpha value is -4.34. The summed E-state index contributed by atoms with van der Waals surface area (Å²) in [4.78, 5) is 28.4. The van der Waals surface area contributed by atoms with Crippen LogP contribution in [0.4, 0.5) is 35.0 Å². The third-order valence-electron chi connectivity index (χ3n) is 4.21. The van der Waals surface area contributed by atoms with E-state index >= 15 is 0 Å². The summed E-state index contributed by atoms with van der Waals surface area (Å²) in [6.45, 7) is 1.80. The molecule has 170 valence electrons. The monoisotopic (exact) mass is 456 g/mol. The van der Waals surface area contributed by atoms with Crippen LogP contribution in [0.3, 0.4) is 0 Å². The zero-order valence-corrected chi connectivity index (χ0v) is 17.3. The van der Waals surface area contributed by atoms with Crippen LogP contribution in [0.2, 0.25) is 0 Å². The fraction of sp³-hybridized carbons (Fsp3) is 0.0870. The van der Waals surface area contributed by atoms with Gasteiger partial charge in [0.1, 0.15) is 5.75 Å². The quantitative estimate of drug-likeness (QED) is 0.422. The lowest BCUT2D eigenvalue weighted by molar-refractivity contribution is -0.274. The lowest BCUT2D eigenvalue weighted by Gasteiger charge is -2.12. The Balaban J connectivity index is 1.59. The van der Waals surface area contributed by atoms with Gasteiger partial charge in [0.2, 0.25) is 5.91 Å². The van der Waals surface area contributed by atoms with E-state index in [0.29, 0.717) is 11.4 Å². The maximum atomic E-state index is 12.2. The SMILES string of the molecule is Cc1ccc(NC(=O)Nc2ccc(OC(F)(F)F)cc2)cc1NC(=O)C=Cc1cccnc1. The number of pyridine rings is 1. The number of nitrogens with zero attached hydrogens (tertiary/aromatic N) is 1. The molecule has 0 aliphatic carbocycles. The molecule has 3 N–H and O–H groups in total. The van der Waals surface area contributed by atoms with Crippen molar-refractivity contribution in [2.24, 2.45) is 0 Å². The molecule has 0 aliphatic rings. The zero-order chi connectivity index (χ0) is 23.8. The molecule has 1 aromatic heterocycles. The van der Waals surface area contributed by atoms with Crippen LogP contribution in [0.25, 0.3) is 6.08 Å². The van der Waals surface area contributed by atoms with Crippen LogP contribution in [0.1, 0.15) is 11.1 Å². The molecule has 0 bridgehead atoms. The minimum atomic E-state index is -4.79. The molecule has 3 aromatic rings. The molecule has 0 saturated carbocycles. The predicted molar refractivity (Wildman–Crippen MR) is 119 cm³/mol. The molecule has 3 rings (SSSR count). The minimum Gasteiger partial charge on any atom is -0.406 e. The molecule has 0 aliphatic heterocycles. The highest BCUT2D eigenvalue weighted by atomic mass is 19.4. The van der Waals surface area contributed by atoms with Crippen molar-refractivity contribution in [3.63, 3.8) is 0 Å². The van der Waals surface area contributed by atoms with E-state index in [1.165, 1.54) is 18.2 Å². The molecular weight excluding hydrogens is 437 g/mol. The van der Waals surface area contributed by atoms with E-state index in [1.807, 2.05) is 6.07 Å². The maximum Gasteiger partial charge on any atom is 0.573 e. The van der Waals surface area contributed by atoms with Crippen LogP contribution in [0.15, 0.2) is 73.1 Å². The van der Waals surface area contributed by atoms with Crippen LogP contribution in [0, 0.1) is 6.92 Å². The topological polar surface area (TPSA) is 92.4 Å². The third-order valence-corrected chi connectivity index (χ3v) is 4.21. The van der Waals surface area contributed by atoms with Crippen LogP contribution in [-0.4, -0.2) is 23.3 Å². The van der Waals surface area contributed by atoms with Gasteiger partial charge in [-0.25, -0.2) is 4.79 Å². The zero-order valence-electron chi connectivity index (χ0n) is 17.3. The van der Waals surface area contributed by atoms with Gasteiger partial charge in [-0.1, -0.05) is 12.1 Å². The summed E-state index contributed by atoms with van der Waals surface area (Å²) < 4.78 is 40.4. The fourth-order valence-electron chi connectivity index (χ4n) is 2.69. The molecule has 10 heteroatoms. The van der Waals surface area contributed by atoms with E-state index in [1.54, 1.807) is 49.7 Å². The predicted octanol–water partition coefficient (Wildman–Crippen LogP) is 5.58. The van der Waals surface area contributed by atoms with Gasteiger partial charge in [-0.3, -0.25) is 9.78 Å². The molecule has 0 radical (unpaired) electrons. The number of benzene rings is 2. The number of aromatic nitrogens is 1. The third kappa shape index (κ3) is 7.69. The van der Waals surface area contributed by atoms with Crippen LogP contribution in [-0.2, 0) is 4.79 Å². The number of amides is 3. The standard InChI is InChI=1S/C23H19F3N4O3/c1-15-4-6-18(13-20(15)30-21(31)11-5-16-3-2-12-27-14-16)29-22(32)28-17-7-9-19(10-8-17)33-23(24,25)26/h2-14H,1H3,(H,30,31)(H2,28,29,32). The Morgan fingerprint density at radius 3 is 2.33 bits per heavy atom. The molecular formula is C23H19F3N4O3. The highest BCUT2D eigenvalue weighted by Crippen LogP contribution is 2.24. The van der Waals surface area contributed by atoms with Gasteiger partial charge in [0.05, 0.1) is 0 Å². The molecule has 0 spiro atoms. The van der Waals surface area contributed by atoms with Gasteiger partial charge in [0.25, 0.3) is 0 Å². The smallest absolute Gasteiger partial charge is 0.406 e. The summed E-state index contributed by atoms with van der Waals surface area (Å²) in [5.74, 6) is -0.755. The molecule has 3 amide bonds. The summed E-state index contributed by atoms with van der Waals surface area (Å²) in [5.41, 5.74) is 2.73. The summed E-state index contributed by atoms with van der Waals surface area (Å²) in [7, 11) is 0. The Morgan fingerprint density at radius 2 is 1.67 bits per heavy atom. The summed E-state index contributed by atoms with van der Waals surface area (Å²) >= 11 is 0. The first-order valence-corrected chi connectivity index (χ1v) is 9.61. The van der Waals surface area contributed by atoms with Gasteiger partial charge in [-0.2, -0.15) is 0 Å². The average Bonchev–Trinajstić information content (AvgIpc) is 2.76. The second-order valence-corrected chi connectivity index (χ2v) is 6.79. The largest absolute Gasteiger partial charge is 0.573 e. The number of urea groups is 1. The van der Waals surface area contributed by atoms with Crippen molar-refractivity contribution in [3.8, 4) is 5.75 Å². The molecule has 0 unspecified atom stereocenters. The number of rotatable bonds is 6. The molecule has 2 aromatic carbocycles. The van der Waals surface area contributed by atoms with Crippen molar-refractivity contribution in [2.45, 2.75) is 13.3 Å². The number of ether oxygens (including phenoxy) is 1. The molecule has 0 fully saturated rings. The van der Waals surface area contributed by atoms with Crippen LogP contribution in [0.5, 0.6) is 5.75 Å². The summed E-state index contributed by atoms with van der Waals surface area (Å²) in [6, 6.07) is 12.6. The highest BCUT2D eigenvalue weighted by molar-refractivity contribution is 6.03. The number of hydrogen-bond donors (Lipinski definition) is 3. The van der Waals surface area contributed by atoms with E-state index in [4.69, 9.17) is 0 Å². The van der Waals surface area contributed by atoms with E-state index < -0.39 is 18.1 Å². The Morgan fingerprint density at radius 1 is 0.970 bits per heavy atom. The highest BCUT2D eigenvalue weighted by Gasteiger charge is 2.30. The van der Waals surface area contributed by atoms with Gasteiger partial charge in [-0.05, 0) is 66.6 Å². The van der Waals surface area contributed by atoms with Gasteiger partial charge >= 0.3 is 12.4 Å². The van der Waals surface area contributed by atoms with Crippen molar-refractivity contribution in [1.82, 2.24) is 4.98 Å². The molecule has 33 heavy (non-hydrogen) atoms. The summed E-state index contributed by atoms with van der Waals surface area (Å²) in [5, 5.41) is 7.85. The van der Waals surface area contributed by atoms with Gasteiger partial charge in [-0.15, -0.1) is 13.2 Å². The first-order valence-electron chi connectivity index (χ1n) is 9.61. The fourth-order valence-corrected chi connectivity index (χ4v) is 2.69. The summed E-state index contributed by atoms with van der Waals surface area (Å²) in [6.07, 6.45) is 1.45. The number of hydrogen-bond acceptors (Lipinski definition) is 4. The average molecular weight is 456 g/mol. The number of carbonyl (C=O) groups is 2. The number of anilines is 3. The normalized spacial score (nSPS) is 11.2. The first-order chi connectivity index (χ1) is 15.7. The minimum absolute atomic E-state index is 0.267. The lowest BCUT2D eigenvalue weighted by atomic mass is 10.1. The van der Waals surface area contributed by atoms with E-state index in [0.717, 1.165) is 23.3 Å². The number of alkyl halides is 3. The number of aryl methyl sites for hydroxylation is 1. The Labute approximate surface area is 187 Å². The lowest BCUT2D eigenvalue weighted by Crippen LogP contribution is -2.20. The Bertz CT molecular complexity index is 1150. The van der Waals surface area contributed by atoms with E-state index in [2.05, 4.69) is 25.7 Å². The second-order valence-electron chi connectivity index (χ2n) is 6.79. The van der Waals surface area contributed by atoms with Crippen molar-refractivity contribution >= 4 is 35.1 Å². The molecule has 0 saturated heterocycles. The second kappa shape index (κ2) is 10.3. The van der Waals surface area contributed by atoms with E-state index in [9.17, 15) is 22.8 Å². The maximum absolute atomic E-state index is 12.2. The molecule has 0 atom stereocenters. The van der Waals surface area contributed by atoms with Gasteiger partial charge < -0.3 is 20.7 Å². The Kier molecular flexibility index (Phi) is 7.29. The van der Waals surface area contributed by atoms with Crippen molar-refractivity contribution in [2.75, 3.05) is 16.0 Å². The van der Waals surface area contributed by atoms with E-state index in [-0.39, 0.29) is 11.6 Å². The van der Waals surface area contributed by atoms with Crippen molar-refractivity contribution < 1.29 is 27.5 Å². The number of nitrogens with one attached hydrogen (secondary N) is 3. The van der Waals surface area contributed by atoms with Crippen molar-refractivity contribution in [1.29, 1.82) is 0 Å². The van der Waals surface area contributed by atoms with Crippen LogP contribution < -0.4 is 20.7 Å². The number of carbonyl (C=O) groups excluding carboxylic acids is 2. The van der Waals surface area contributed by atoms with Gasteiger partial charge in [0, 0.05) is 35.5 Å². The van der Waals surface area contributed by atoms with Gasteiger partial charge in [0.15, 0.2) is 0 Å². The molecule has 1 heterocycles. The van der Waals surface area contributed by atoms with Crippen molar-refractivity contribution in [3.05, 3.63) is 84.2 Å².